The van der Waals surface area contributed by atoms with E-state index in [0.717, 1.165) is 39.1 Å². The molecule has 1 spiro atoms. The van der Waals surface area contributed by atoms with Gasteiger partial charge in [0.1, 0.15) is 5.25 Å². The zero-order chi connectivity index (χ0) is 22.9. The molecule has 166 valence electrons. The fourth-order valence-electron chi connectivity index (χ4n) is 5.17. The van der Waals surface area contributed by atoms with Crippen LogP contribution in [0, 0.1) is 0 Å². The van der Waals surface area contributed by atoms with E-state index < -0.39 is 4.87 Å². The first-order valence-corrected chi connectivity index (χ1v) is 12.3. The molecule has 7 heteroatoms. The van der Waals surface area contributed by atoms with Gasteiger partial charge in [-0.15, -0.1) is 11.8 Å². The Labute approximate surface area is 205 Å². The van der Waals surface area contributed by atoms with E-state index in [2.05, 4.69) is 39.6 Å². The van der Waals surface area contributed by atoms with Gasteiger partial charge in [-0.1, -0.05) is 83.5 Å². The van der Waals surface area contributed by atoms with E-state index in [-0.39, 0.29) is 17.3 Å². The van der Waals surface area contributed by atoms with Gasteiger partial charge in [0.25, 0.3) is 5.91 Å². The fourth-order valence-corrected chi connectivity index (χ4v) is 7.01. The average Bonchev–Trinajstić information content (AvgIpc) is 3.50. The molecular weight excluding hydrogens is 466 g/mol. The average molecular weight is 484 g/mol. The van der Waals surface area contributed by atoms with Crippen molar-refractivity contribution in [3.8, 4) is 0 Å². The minimum absolute atomic E-state index is 0.0707. The van der Waals surface area contributed by atoms with Crippen molar-refractivity contribution in [3.63, 3.8) is 0 Å². The molecule has 0 radical (unpaired) electrons. The van der Waals surface area contributed by atoms with Crippen LogP contribution >= 0.6 is 23.4 Å². The van der Waals surface area contributed by atoms with Crippen LogP contribution in [0.2, 0.25) is 5.02 Å². The smallest absolute Gasteiger partial charge is 0.266 e. The second-order valence-electron chi connectivity index (χ2n) is 8.54. The van der Waals surface area contributed by atoms with Crippen LogP contribution < -0.4 is 10.2 Å². The SMILES string of the molecule is O=C1Nc2ccccc2C12SC1C(=NOC1c1ccc(Cl)cc1)N2c1cccc2ccccc12. The minimum Gasteiger partial charge on any atom is -0.384 e. The number of thioether (sulfide) groups is 1. The van der Waals surface area contributed by atoms with Crippen LogP contribution in [0.15, 0.2) is 96.2 Å². The number of nitrogens with zero attached hydrogens (tertiary/aromatic N) is 2. The lowest BCUT2D eigenvalue weighted by molar-refractivity contribution is -0.117. The number of fused-ring (bicyclic) bond motifs is 4. The van der Waals surface area contributed by atoms with Gasteiger partial charge < -0.3 is 10.2 Å². The number of benzene rings is 4. The Morgan fingerprint density at radius 3 is 2.59 bits per heavy atom. The number of halogens is 1. The van der Waals surface area contributed by atoms with Crippen LogP contribution in [0.1, 0.15) is 17.2 Å². The van der Waals surface area contributed by atoms with Crippen molar-refractivity contribution >= 4 is 57.3 Å². The number of carbonyl (C=O) groups is 1. The van der Waals surface area contributed by atoms with Gasteiger partial charge in [-0.25, -0.2) is 0 Å². The van der Waals surface area contributed by atoms with Crippen molar-refractivity contribution in [2.24, 2.45) is 5.16 Å². The normalized spacial score (nSPS) is 24.7. The van der Waals surface area contributed by atoms with Crippen molar-refractivity contribution in [2.45, 2.75) is 16.2 Å². The number of hydrogen-bond donors (Lipinski definition) is 1. The van der Waals surface area contributed by atoms with Crippen LogP contribution in [0.5, 0.6) is 0 Å². The first kappa shape index (κ1) is 19.9. The Hall–Kier alpha value is -3.48. The van der Waals surface area contributed by atoms with Crippen LogP contribution in [0.3, 0.4) is 0 Å². The molecule has 4 aromatic carbocycles. The second kappa shape index (κ2) is 7.26. The fraction of sp³-hybridized carbons (Fsp3) is 0.111. The molecule has 0 aliphatic carbocycles. The van der Waals surface area contributed by atoms with E-state index in [1.54, 1.807) is 11.8 Å². The number of hydrogen-bond acceptors (Lipinski definition) is 5. The van der Waals surface area contributed by atoms with Crippen LogP contribution in [0.4, 0.5) is 11.4 Å². The summed E-state index contributed by atoms with van der Waals surface area (Å²) in [6.45, 7) is 0. The number of carbonyl (C=O) groups excluding carboxylic acids is 1. The van der Waals surface area contributed by atoms with Gasteiger partial charge >= 0.3 is 0 Å². The maximum Gasteiger partial charge on any atom is 0.266 e. The third-order valence-corrected chi connectivity index (χ3v) is 8.58. The van der Waals surface area contributed by atoms with E-state index in [0.29, 0.717) is 5.02 Å². The molecular formula is C27H18ClN3O2S. The second-order valence-corrected chi connectivity index (χ2v) is 10.3. The van der Waals surface area contributed by atoms with E-state index >= 15 is 0 Å². The summed E-state index contributed by atoms with van der Waals surface area (Å²) < 4.78 is 0. The highest BCUT2D eigenvalue weighted by Crippen LogP contribution is 2.60. The van der Waals surface area contributed by atoms with Gasteiger partial charge in [0, 0.05) is 21.7 Å². The number of amides is 1. The Morgan fingerprint density at radius 1 is 0.941 bits per heavy atom. The molecule has 4 aromatic rings. The van der Waals surface area contributed by atoms with Crippen LogP contribution in [-0.2, 0) is 14.5 Å². The van der Waals surface area contributed by atoms with E-state index in [1.807, 2.05) is 66.7 Å². The Morgan fingerprint density at radius 2 is 1.71 bits per heavy atom. The van der Waals surface area contributed by atoms with Crippen molar-refractivity contribution in [1.29, 1.82) is 0 Å². The van der Waals surface area contributed by atoms with Crippen molar-refractivity contribution in [2.75, 3.05) is 10.2 Å². The summed E-state index contributed by atoms with van der Waals surface area (Å²) >= 11 is 7.71. The molecule has 5 nitrogen and oxygen atoms in total. The molecule has 3 heterocycles. The maximum absolute atomic E-state index is 13.8. The first-order valence-electron chi connectivity index (χ1n) is 11.0. The molecule has 7 rings (SSSR count). The number of nitrogens with one attached hydrogen (secondary N) is 1. The summed E-state index contributed by atoms with van der Waals surface area (Å²) in [5.74, 6) is 0.673. The maximum atomic E-state index is 13.8. The lowest BCUT2D eigenvalue weighted by atomic mass is 10.0. The highest BCUT2D eigenvalue weighted by Gasteiger charge is 2.64. The van der Waals surface area contributed by atoms with Gasteiger partial charge in [-0.3, -0.25) is 9.69 Å². The van der Waals surface area contributed by atoms with Crippen LogP contribution in [-0.4, -0.2) is 17.0 Å². The van der Waals surface area contributed by atoms with Crippen molar-refractivity contribution < 1.29 is 9.63 Å². The molecule has 3 aliphatic heterocycles. The quantitative estimate of drug-likeness (QED) is 0.363. The third-order valence-electron chi connectivity index (χ3n) is 6.68. The highest BCUT2D eigenvalue weighted by molar-refractivity contribution is 8.03. The summed E-state index contributed by atoms with van der Waals surface area (Å²) in [5, 5.41) is 10.3. The Kier molecular flexibility index (Phi) is 4.26. The number of para-hydroxylation sites is 1. The van der Waals surface area contributed by atoms with Gasteiger partial charge in [-0.05, 0) is 35.2 Å². The number of oxime groups is 1. The molecule has 1 N–H and O–H groups in total. The first-order chi connectivity index (χ1) is 16.7. The molecule has 34 heavy (non-hydrogen) atoms. The molecule has 3 unspecified atom stereocenters. The van der Waals surface area contributed by atoms with Gasteiger partial charge in [-0.2, -0.15) is 0 Å². The molecule has 1 saturated heterocycles. The standard InChI is InChI=1S/C27H18ClN3O2S/c28-18-14-12-17(13-15-18)23-24-25(30-33-23)31(22-11-5-7-16-6-1-2-8-19(16)22)27(34-24)20-9-3-4-10-21(20)29-26(27)32/h1-15,23-24H,(H,29,32). The Bertz CT molecular complexity index is 1500. The molecule has 3 atom stereocenters. The molecule has 3 aliphatic rings. The summed E-state index contributed by atoms with van der Waals surface area (Å²) in [6.07, 6.45) is -0.324. The number of amidine groups is 1. The lowest BCUT2D eigenvalue weighted by Crippen LogP contribution is -2.47. The minimum atomic E-state index is -0.987. The van der Waals surface area contributed by atoms with Gasteiger partial charge in [0.2, 0.25) is 4.87 Å². The summed E-state index contributed by atoms with van der Waals surface area (Å²) in [7, 11) is 0. The van der Waals surface area contributed by atoms with Crippen molar-refractivity contribution in [3.05, 3.63) is 107 Å². The van der Waals surface area contributed by atoms with Gasteiger partial charge in [0.05, 0.1) is 5.69 Å². The summed E-state index contributed by atoms with van der Waals surface area (Å²) in [6, 6.07) is 29.9. The highest BCUT2D eigenvalue weighted by atomic mass is 35.5. The molecule has 0 bridgehead atoms. The monoisotopic (exact) mass is 483 g/mol. The van der Waals surface area contributed by atoms with E-state index in [1.165, 1.54) is 0 Å². The summed E-state index contributed by atoms with van der Waals surface area (Å²) in [4.78, 5) is 20.9. The largest absolute Gasteiger partial charge is 0.384 e. The number of anilines is 2. The van der Waals surface area contributed by atoms with Gasteiger partial charge in [0.15, 0.2) is 11.9 Å². The van der Waals surface area contributed by atoms with E-state index in [4.69, 9.17) is 16.4 Å². The third kappa shape index (κ3) is 2.64. The molecule has 1 amide bonds. The Balaban J connectivity index is 1.46. The zero-order valence-electron chi connectivity index (χ0n) is 17.8. The number of rotatable bonds is 2. The van der Waals surface area contributed by atoms with Crippen molar-refractivity contribution in [1.82, 2.24) is 0 Å². The zero-order valence-corrected chi connectivity index (χ0v) is 19.4. The predicted molar refractivity (Wildman–Crippen MR) is 137 cm³/mol. The van der Waals surface area contributed by atoms with E-state index in [9.17, 15) is 4.79 Å². The molecule has 0 saturated carbocycles. The topological polar surface area (TPSA) is 53.9 Å². The molecule has 0 aromatic heterocycles. The summed E-state index contributed by atoms with van der Waals surface area (Å²) in [5.41, 5.74) is 3.67. The lowest BCUT2D eigenvalue weighted by Gasteiger charge is -2.34. The molecule has 1 fully saturated rings. The van der Waals surface area contributed by atoms with Crippen LogP contribution in [0.25, 0.3) is 10.8 Å². The predicted octanol–water partition coefficient (Wildman–Crippen LogP) is 6.31.